The van der Waals surface area contributed by atoms with Gasteiger partial charge in [-0.3, -0.25) is 0 Å². The highest BCUT2D eigenvalue weighted by Gasteiger charge is 2.18. The van der Waals surface area contributed by atoms with Crippen LogP contribution in [0.4, 0.5) is 5.69 Å². The van der Waals surface area contributed by atoms with E-state index in [2.05, 4.69) is 9.62 Å². The van der Waals surface area contributed by atoms with Crippen LogP contribution in [0.5, 0.6) is 0 Å². The van der Waals surface area contributed by atoms with Gasteiger partial charge in [-0.2, -0.15) is 0 Å². The van der Waals surface area contributed by atoms with Gasteiger partial charge in [-0.25, -0.2) is 13.1 Å². The summed E-state index contributed by atoms with van der Waals surface area (Å²) in [5, 5.41) is 1.66. The minimum atomic E-state index is -3.59. The summed E-state index contributed by atoms with van der Waals surface area (Å²) in [6.45, 7) is 4.36. The van der Waals surface area contributed by atoms with E-state index in [1.54, 1.807) is 12.1 Å². The van der Waals surface area contributed by atoms with Crippen LogP contribution in [0.15, 0.2) is 41.3 Å². The molecule has 0 fully saturated rings. The second kappa shape index (κ2) is 11.5. The molecule has 0 bridgehead atoms. The van der Waals surface area contributed by atoms with Gasteiger partial charge in [0.2, 0.25) is 10.0 Å². The lowest BCUT2D eigenvalue weighted by molar-refractivity contribution is 0.267. The fourth-order valence-electron chi connectivity index (χ4n) is 3.44. The Labute approximate surface area is 175 Å². The van der Waals surface area contributed by atoms with E-state index in [0.29, 0.717) is 24.5 Å². The van der Waals surface area contributed by atoms with Gasteiger partial charge < -0.3 is 21.3 Å². The van der Waals surface area contributed by atoms with Crippen molar-refractivity contribution in [2.24, 2.45) is 11.5 Å². The number of fused-ring (bicyclic) bond motifs is 1. The molecule has 0 unspecified atom stereocenters. The zero-order valence-corrected chi connectivity index (χ0v) is 18.4. The first kappa shape index (κ1) is 23.6. The quantitative estimate of drug-likeness (QED) is 0.424. The molecule has 2 aromatic rings. The molecule has 0 spiro atoms. The van der Waals surface area contributed by atoms with E-state index < -0.39 is 10.0 Å². The first-order valence-corrected chi connectivity index (χ1v) is 11.7. The first-order valence-electron chi connectivity index (χ1n) is 10.2. The van der Waals surface area contributed by atoms with E-state index in [0.717, 1.165) is 55.4 Å². The van der Waals surface area contributed by atoms with E-state index in [1.807, 2.05) is 43.3 Å². The van der Waals surface area contributed by atoms with Crippen LogP contribution >= 0.6 is 0 Å². The molecule has 2 rings (SSSR count). The third-order valence-corrected chi connectivity index (χ3v) is 6.45. The lowest BCUT2D eigenvalue weighted by Crippen LogP contribution is -2.32. The molecule has 0 saturated carbocycles. The van der Waals surface area contributed by atoms with Crippen molar-refractivity contribution in [3.8, 4) is 0 Å². The maximum atomic E-state index is 12.9. The zero-order chi connectivity index (χ0) is 21.3. The van der Waals surface area contributed by atoms with Crippen molar-refractivity contribution in [3.05, 3.63) is 36.4 Å². The van der Waals surface area contributed by atoms with Crippen molar-refractivity contribution in [3.63, 3.8) is 0 Å². The molecule has 0 aliphatic heterocycles. The summed E-state index contributed by atoms with van der Waals surface area (Å²) in [6.07, 6.45) is 2.60. The maximum Gasteiger partial charge on any atom is 0.241 e. The Morgan fingerprint density at radius 1 is 0.862 bits per heavy atom. The number of hydrogen-bond donors (Lipinski definition) is 3. The highest BCUT2D eigenvalue weighted by atomic mass is 32.2. The molecule has 2 aromatic carbocycles. The molecular weight excluding hydrogens is 386 g/mol. The number of benzene rings is 2. The van der Waals surface area contributed by atoms with E-state index in [9.17, 15) is 8.42 Å². The highest BCUT2D eigenvalue weighted by Crippen LogP contribution is 2.30. The summed E-state index contributed by atoms with van der Waals surface area (Å²) in [5.41, 5.74) is 12.2. The molecular formula is C21H35N5O2S. The van der Waals surface area contributed by atoms with Gasteiger partial charge in [0.1, 0.15) is 0 Å². The Morgan fingerprint density at radius 2 is 1.45 bits per heavy atom. The van der Waals surface area contributed by atoms with Crippen molar-refractivity contribution in [1.29, 1.82) is 0 Å². The number of rotatable bonds is 13. The molecule has 7 nitrogen and oxygen atoms in total. The minimum absolute atomic E-state index is 0.321. The molecule has 0 radical (unpaired) electrons. The second-order valence-electron chi connectivity index (χ2n) is 7.40. The molecule has 0 heterocycles. The lowest BCUT2D eigenvalue weighted by Gasteiger charge is -2.22. The largest absolute Gasteiger partial charge is 0.377 e. The number of nitrogens with one attached hydrogen (secondary N) is 1. The second-order valence-corrected chi connectivity index (χ2v) is 9.14. The van der Waals surface area contributed by atoms with E-state index in [4.69, 9.17) is 11.5 Å². The third kappa shape index (κ3) is 6.65. The van der Waals surface area contributed by atoms with Gasteiger partial charge in [-0.1, -0.05) is 24.3 Å². The van der Waals surface area contributed by atoms with Crippen LogP contribution in [0.2, 0.25) is 0 Å². The molecule has 8 heteroatoms. The van der Waals surface area contributed by atoms with Gasteiger partial charge in [0.15, 0.2) is 0 Å². The summed E-state index contributed by atoms with van der Waals surface area (Å²) in [6, 6.07) is 11.2. The van der Waals surface area contributed by atoms with Crippen molar-refractivity contribution in [1.82, 2.24) is 9.62 Å². The van der Waals surface area contributed by atoms with Crippen molar-refractivity contribution in [2.75, 3.05) is 58.3 Å². The normalized spacial score (nSPS) is 12.0. The number of anilines is 1. The lowest BCUT2D eigenvalue weighted by atomic mass is 10.1. The molecule has 0 amide bonds. The predicted octanol–water partition coefficient (Wildman–Crippen LogP) is 1.57. The molecule has 0 aliphatic carbocycles. The van der Waals surface area contributed by atoms with Gasteiger partial charge in [0, 0.05) is 37.1 Å². The van der Waals surface area contributed by atoms with Gasteiger partial charge in [-0.05, 0) is 64.1 Å². The number of nitrogens with two attached hydrogens (primary N) is 2. The van der Waals surface area contributed by atoms with Gasteiger partial charge in [0.05, 0.1) is 4.90 Å². The van der Waals surface area contributed by atoms with E-state index >= 15 is 0 Å². The number of nitrogens with zero attached hydrogens (tertiary/aromatic N) is 2. The van der Waals surface area contributed by atoms with Crippen molar-refractivity contribution in [2.45, 2.75) is 24.2 Å². The van der Waals surface area contributed by atoms with Gasteiger partial charge >= 0.3 is 0 Å². The van der Waals surface area contributed by atoms with E-state index in [1.165, 1.54) is 0 Å². The summed E-state index contributed by atoms with van der Waals surface area (Å²) in [7, 11) is 0.319. The fourth-order valence-corrected chi connectivity index (χ4v) is 4.73. The first-order chi connectivity index (χ1) is 13.9. The summed E-state index contributed by atoms with van der Waals surface area (Å²) in [4.78, 5) is 4.61. The topological polar surface area (TPSA) is 105 Å². The van der Waals surface area contributed by atoms with Crippen molar-refractivity contribution < 1.29 is 8.42 Å². The molecule has 0 aromatic heterocycles. The zero-order valence-electron chi connectivity index (χ0n) is 17.6. The molecule has 0 saturated heterocycles. The van der Waals surface area contributed by atoms with Crippen LogP contribution in [0.25, 0.3) is 10.8 Å². The Morgan fingerprint density at radius 3 is 2.07 bits per heavy atom. The fraction of sp³-hybridized carbons (Fsp3) is 0.524. The van der Waals surface area contributed by atoms with Crippen LogP contribution in [-0.2, 0) is 10.0 Å². The summed E-state index contributed by atoms with van der Waals surface area (Å²) < 4.78 is 28.7. The molecule has 162 valence electrons. The van der Waals surface area contributed by atoms with Crippen LogP contribution in [0, 0.1) is 0 Å². The monoisotopic (exact) mass is 421 g/mol. The third-order valence-electron chi connectivity index (χ3n) is 4.93. The number of sulfonamides is 1. The van der Waals surface area contributed by atoms with Gasteiger partial charge in [0.25, 0.3) is 0 Å². The van der Waals surface area contributed by atoms with Gasteiger partial charge in [-0.15, -0.1) is 0 Å². The van der Waals surface area contributed by atoms with Crippen molar-refractivity contribution >= 4 is 26.5 Å². The Kier molecular flexibility index (Phi) is 9.32. The summed E-state index contributed by atoms with van der Waals surface area (Å²) >= 11 is 0. The summed E-state index contributed by atoms with van der Waals surface area (Å²) in [5.74, 6) is 0. The highest BCUT2D eigenvalue weighted by molar-refractivity contribution is 7.89. The Balaban J connectivity index is 2.05. The Bertz CT molecular complexity index is 863. The SMILES string of the molecule is CN(C)c1cccc2c(S(=O)(=O)NCCCN(CCCN)CCCN)cccc12. The minimum Gasteiger partial charge on any atom is -0.377 e. The average Bonchev–Trinajstić information content (AvgIpc) is 2.71. The van der Waals surface area contributed by atoms with E-state index in [-0.39, 0.29) is 0 Å². The standard InChI is InChI=1S/C21H35N5O2S/c1-25(2)20-10-3-9-19-18(20)8-4-11-21(19)29(27,28)24-14-7-17-26(15-5-12-22)16-6-13-23/h3-4,8-11,24H,5-7,12-17,22-23H2,1-2H3. The number of hydrogen-bond acceptors (Lipinski definition) is 6. The predicted molar refractivity (Wildman–Crippen MR) is 122 cm³/mol. The molecule has 29 heavy (non-hydrogen) atoms. The smallest absolute Gasteiger partial charge is 0.241 e. The molecule has 0 atom stereocenters. The van der Waals surface area contributed by atoms with Crippen LogP contribution in [0.3, 0.4) is 0 Å². The van der Waals surface area contributed by atoms with Crippen LogP contribution in [0.1, 0.15) is 19.3 Å². The average molecular weight is 422 g/mol. The molecule has 0 aliphatic rings. The molecule has 5 N–H and O–H groups in total. The van der Waals surface area contributed by atoms with Crippen LogP contribution < -0.4 is 21.1 Å². The van der Waals surface area contributed by atoms with Crippen LogP contribution in [-0.4, -0.2) is 66.7 Å². The Hall–Kier alpha value is -1.71. The maximum absolute atomic E-state index is 12.9.